The Hall–Kier alpha value is -1.31. The summed E-state index contributed by atoms with van der Waals surface area (Å²) in [7, 11) is 0. The van der Waals surface area contributed by atoms with Gasteiger partial charge in [0.05, 0.1) is 23.9 Å². The number of hydrogen-bond acceptors (Lipinski definition) is 3. The van der Waals surface area contributed by atoms with Gasteiger partial charge in [0.15, 0.2) is 0 Å². The van der Waals surface area contributed by atoms with Crippen molar-refractivity contribution >= 4 is 51.5 Å². The van der Waals surface area contributed by atoms with Crippen LogP contribution < -0.4 is 10.2 Å². The number of nitrogens with zero attached hydrogens (tertiary/aromatic N) is 1. The molecule has 1 N–H and O–H groups in total. The third kappa shape index (κ3) is 4.16. The van der Waals surface area contributed by atoms with Gasteiger partial charge < -0.3 is 15.0 Å². The average Bonchev–Trinajstić information content (AvgIpc) is 2.56. The minimum Gasteiger partial charge on any atom is -0.378 e. The van der Waals surface area contributed by atoms with Gasteiger partial charge in [0.1, 0.15) is 0 Å². The van der Waals surface area contributed by atoms with Gasteiger partial charge in [0.2, 0.25) is 0 Å². The summed E-state index contributed by atoms with van der Waals surface area (Å²) in [5.74, 6) is -0.142. The van der Waals surface area contributed by atoms with Gasteiger partial charge in [-0.25, -0.2) is 0 Å². The summed E-state index contributed by atoms with van der Waals surface area (Å²) < 4.78 is 6.45. The highest BCUT2D eigenvalue weighted by Gasteiger charge is 2.15. The zero-order chi connectivity index (χ0) is 16.2. The fraction of sp³-hybridized carbons (Fsp3) is 0.235. The van der Waals surface area contributed by atoms with Gasteiger partial charge in [-0.3, -0.25) is 4.79 Å². The van der Waals surface area contributed by atoms with Crippen LogP contribution in [0.25, 0.3) is 0 Å². The van der Waals surface area contributed by atoms with E-state index >= 15 is 0 Å². The van der Waals surface area contributed by atoms with Crippen LogP contribution in [0.2, 0.25) is 5.02 Å². The van der Waals surface area contributed by atoms with Crippen LogP contribution in [-0.4, -0.2) is 32.2 Å². The summed E-state index contributed by atoms with van der Waals surface area (Å²) in [6.07, 6.45) is 0. The first-order chi connectivity index (χ1) is 11.1. The Bertz CT molecular complexity index is 700. The van der Waals surface area contributed by atoms with E-state index in [0.29, 0.717) is 29.5 Å². The van der Waals surface area contributed by atoms with Crippen LogP contribution in [0, 0.1) is 3.57 Å². The molecule has 0 unspecified atom stereocenters. The summed E-state index contributed by atoms with van der Waals surface area (Å²) in [4.78, 5) is 14.4. The largest absolute Gasteiger partial charge is 0.378 e. The quantitative estimate of drug-likeness (QED) is 0.730. The monoisotopic (exact) mass is 442 g/mol. The zero-order valence-corrected chi connectivity index (χ0v) is 15.3. The first-order valence-corrected chi connectivity index (χ1v) is 8.78. The lowest BCUT2D eigenvalue weighted by molar-refractivity contribution is 0.102. The molecular weight excluding hydrogens is 427 g/mol. The fourth-order valence-electron chi connectivity index (χ4n) is 2.45. The SMILES string of the molecule is O=C(Nc1ccc(N2CCOCC2)c(Cl)c1)c1ccc(I)cc1. The molecule has 2 aromatic rings. The summed E-state index contributed by atoms with van der Waals surface area (Å²) in [6, 6.07) is 13.0. The molecule has 2 aromatic carbocycles. The average molecular weight is 443 g/mol. The van der Waals surface area contributed by atoms with Crippen molar-refractivity contribution in [3.05, 3.63) is 56.6 Å². The number of benzene rings is 2. The first-order valence-electron chi connectivity index (χ1n) is 7.32. The third-order valence-electron chi connectivity index (χ3n) is 3.66. The Kier molecular flexibility index (Phi) is 5.40. The van der Waals surface area contributed by atoms with Gasteiger partial charge in [-0.05, 0) is 65.1 Å². The van der Waals surface area contributed by atoms with E-state index in [4.69, 9.17) is 16.3 Å². The molecule has 1 saturated heterocycles. The second kappa shape index (κ2) is 7.51. The number of carbonyl (C=O) groups is 1. The molecule has 1 fully saturated rings. The lowest BCUT2D eigenvalue weighted by atomic mass is 10.2. The van der Waals surface area contributed by atoms with Crippen molar-refractivity contribution in [1.29, 1.82) is 0 Å². The fourth-order valence-corrected chi connectivity index (χ4v) is 3.11. The Morgan fingerprint density at radius 3 is 2.48 bits per heavy atom. The number of ether oxygens (including phenoxy) is 1. The molecular formula is C17H16ClIN2O2. The van der Waals surface area contributed by atoms with E-state index in [1.165, 1.54) is 0 Å². The predicted molar refractivity (Wildman–Crippen MR) is 102 cm³/mol. The Morgan fingerprint density at radius 1 is 1.13 bits per heavy atom. The number of anilines is 2. The lowest BCUT2D eigenvalue weighted by Gasteiger charge is -2.29. The predicted octanol–water partition coefficient (Wildman–Crippen LogP) is 4.03. The van der Waals surface area contributed by atoms with Crippen LogP contribution in [0.4, 0.5) is 11.4 Å². The number of morpholine rings is 1. The smallest absolute Gasteiger partial charge is 0.255 e. The maximum Gasteiger partial charge on any atom is 0.255 e. The lowest BCUT2D eigenvalue weighted by Crippen LogP contribution is -2.36. The molecule has 0 radical (unpaired) electrons. The molecule has 1 aliphatic rings. The molecule has 0 aromatic heterocycles. The molecule has 1 heterocycles. The van der Waals surface area contributed by atoms with Gasteiger partial charge in [-0.1, -0.05) is 11.6 Å². The summed E-state index contributed by atoms with van der Waals surface area (Å²) in [6.45, 7) is 3.07. The molecule has 0 bridgehead atoms. The molecule has 0 saturated carbocycles. The van der Waals surface area contributed by atoms with E-state index in [0.717, 1.165) is 22.3 Å². The minimum atomic E-state index is -0.142. The van der Waals surface area contributed by atoms with E-state index in [2.05, 4.69) is 32.8 Å². The molecule has 0 atom stereocenters. The van der Waals surface area contributed by atoms with Crippen LogP contribution in [0.15, 0.2) is 42.5 Å². The third-order valence-corrected chi connectivity index (χ3v) is 4.69. The second-order valence-electron chi connectivity index (χ2n) is 5.23. The van der Waals surface area contributed by atoms with Gasteiger partial charge in [-0.2, -0.15) is 0 Å². The number of rotatable bonds is 3. The Morgan fingerprint density at radius 2 is 1.83 bits per heavy atom. The Labute approximate surface area is 153 Å². The van der Waals surface area contributed by atoms with Crippen molar-refractivity contribution in [3.63, 3.8) is 0 Å². The molecule has 0 aliphatic carbocycles. The summed E-state index contributed by atoms with van der Waals surface area (Å²) in [5.41, 5.74) is 2.29. The minimum absolute atomic E-state index is 0.142. The van der Waals surface area contributed by atoms with Crippen LogP contribution in [0.3, 0.4) is 0 Å². The van der Waals surface area contributed by atoms with Crippen molar-refractivity contribution in [2.24, 2.45) is 0 Å². The van der Waals surface area contributed by atoms with Gasteiger partial charge in [0.25, 0.3) is 5.91 Å². The topological polar surface area (TPSA) is 41.6 Å². The number of amides is 1. The van der Waals surface area contributed by atoms with Crippen LogP contribution in [-0.2, 0) is 4.74 Å². The molecule has 1 amide bonds. The standard InChI is InChI=1S/C17H16ClIN2O2/c18-15-11-14(5-6-16(15)21-7-9-23-10-8-21)20-17(22)12-1-3-13(19)4-2-12/h1-6,11H,7-10H2,(H,20,22). The molecule has 6 heteroatoms. The second-order valence-corrected chi connectivity index (χ2v) is 6.88. The van der Waals surface area contributed by atoms with Gasteiger partial charge in [0, 0.05) is 27.9 Å². The zero-order valence-electron chi connectivity index (χ0n) is 12.4. The van der Waals surface area contributed by atoms with E-state index in [1.807, 2.05) is 24.3 Å². The number of halogens is 2. The normalized spacial score (nSPS) is 14.6. The highest BCUT2D eigenvalue weighted by atomic mass is 127. The van der Waals surface area contributed by atoms with Crippen molar-refractivity contribution in [3.8, 4) is 0 Å². The van der Waals surface area contributed by atoms with E-state index in [1.54, 1.807) is 18.2 Å². The van der Waals surface area contributed by atoms with E-state index in [9.17, 15) is 4.79 Å². The first kappa shape index (κ1) is 16.5. The van der Waals surface area contributed by atoms with E-state index in [-0.39, 0.29) is 5.91 Å². The molecule has 23 heavy (non-hydrogen) atoms. The number of carbonyl (C=O) groups excluding carboxylic acids is 1. The van der Waals surface area contributed by atoms with Crippen LogP contribution >= 0.6 is 34.2 Å². The summed E-state index contributed by atoms with van der Waals surface area (Å²) >= 11 is 8.59. The van der Waals surface area contributed by atoms with Gasteiger partial charge >= 0.3 is 0 Å². The highest BCUT2D eigenvalue weighted by Crippen LogP contribution is 2.29. The maximum atomic E-state index is 12.2. The number of hydrogen-bond donors (Lipinski definition) is 1. The molecule has 1 aliphatic heterocycles. The maximum absolute atomic E-state index is 12.2. The Balaban J connectivity index is 1.72. The molecule has 120 valence electrons. The summed E-state index contributed by atoms with van der Waals surface area (Å²) in [5, 5.41) is 3.51. The van der Waals surface area contributed by atoms with Crippen LogP contribution in [0.1, 0.15) is 10.4 Å². The van der Waals surface area contributed by atoms with Crippen molar-refractivity contribution in [2.75, 3.05) is 36.5 Å². The van der Waals surface area contributed by atoms with Crippen LogP contribution in [0.5, 0.6) is 0 Å². The van der Waals surface area contributed by atoms with Crippen molar-refractivity contribution < 1.29 is 9.53 Å². The number of nitrogens with one attached hydrogen (secondary N) is 1. The van der Waals surface area contributed by atoms with Crippen molar-refractivity contribution in [1.82, 2.24) is 0 Å². The molecule has 3 rings (SSSR count). The van der Waals surface area contributed by atoms with Crippen molar-refractivity contribution in [2.45, 2.75) is 0 Å². The highest BCUT2D eigenvalue weighted by molar-refractivity contribution is 14.1. The van der Waals surface area contributed by atoms with E-state index < -0.39 is 0 Å². The van der Waals surface area contributed by atoms with Gasteiger partial charge in [-0.15, -0.1) is 0 Å². The molecule has 0 spiro atoms. The molecule has 4 nitrogen and oxygen atoms in total.